The molecular formula is C16H18N2O3. The molecular weight excluding hydrogens is 268 g/mol. The summed E-state index contributed by atoms with van der Waals surface area (Å²) in [6.07, 6.45) is 0.194. The van der Waals surface area contributed by atoms with Crippen LogP contribution in [0.2, 0.25) is 0 Å². The number of carbonyl (C=O) groups excluding carboxylic acids is 2. The van der Waals surface area contributed by atoms with Crippen LogP contribution >= 0.6 is 0 Å². The number of carbonyl (C=O) groups is 2. The maximum Gasteiger partial charge on any atom is 0.251 e. The van der Waals surface area contributed by atoms with Crippen LogP contribution in [0.15, 0.2) is 42.5 Å². The topological polar surface area (TPSA) is 78.4 Å². The number of aliphatic hydroxyl groups excluding tert-OH is 1. The van der Waals surface area contributed by atoms with Gasteiger partial charge in [0.15, 0.2) is 0 Å². The van der Waals surface area contributed by atoms with E-state index in [0.29, 0.717) is 5.56 Å². The third-order valence-corrected chi connectivity index (χ3v) is 3.08. The van der Waals surface area contributed by atoms with Crippen molar-refractivity contribution in [2.75, 3.05) is 19.7 Å². The molecule has 0 radical (unpaired) electrons. The van der Waals surface area contributed by atoms with E-state index in [1.165, 1.54) is 0 Å². The highest BCUT2D eigenvalue weighted by molar-refractivity contribution is 5.98. The monoisotopic (exact) mass is 286 g/mol. The molecule has 21 heavy (non-hydrogen) atoms. The number of hydrogen-bond acceptors (Lipinski definition) is 3. The van der Waals surface area contributed by atoms with E-state index in [2.05, 4.69) is 10.6 Å². The van der Waals surface area contributed by atoms with Gasteiger partial charge < -0.3 is 15.7 Å². The lowest BCUT2D eigenvalue weighted by Crippen LogP contribution is -2.31. The highest BCUT2D eigenvalue weighted by Gasteiger charge is 2.07. The van der Waals surface area contributed by atoms with Gasteiger partial charge in [-0.05, 0) is 22.9 Å². The van der Waals surface area contributed by atoms with Gasteiger partial charge in [0, 0.05) is 25.1 Å². The largest absolute Gasteiger partial charge is 0.395 e. The molecule has 2 rings (SSSR count). The van der Waals surface area contributed by atoms with Gasteiger partial charge in [-0.3, -0.25) is 9.59 Å². The minimum atomic E-state index is -0.198. The Labute approximate surface area is 123 Å². The van der Waals surface area contributed by atoms with Crippen LogP contribution in [0, 0.1) is 0 Å². The summed E-state index contributed by atoms with van der Waals surface area (Å²) < 4.78 is 0. The molecule has 0 saturated carbocycles. The summed E-state index contributed by atoms with van der Waals surface area (Å²) in [7, 11) is 0. The maximum absolute atomic E-state index is 12.0. The van der Waals surface area contributed by atoms with E-state index in [-0.39, 0.29) is 37.9 Å². The minimum absolute atomic E-state index is 0.0881. The van der Waals surface area contributed by atoms with Gasteiger partial charge in [0.2, 0.25) is 5.91 Å². The third kappa shape index (κ3) is 4.29. The van der Waals surface area contributed by atoms with Crippen molar-refractivity contribution >= 4 is 22.6 Å². The zero-order valence-corrected chi connectivity index (χ0v) is 11.6. The van der Waals surface area contributed by atoms with Crippen LogP contribution in [0.1, 0.15) is 16.8 Å². The predicted molar refractivity (Wildman–Crippen MR) is 81.0 cm³/mol. The Morgan fingerprint density at radius 3 is 2.48 bits per heavy atom. The number of amides is 2. The zero-order chi connectivity index (χ0) is 15.1. The van der Waals surface area contributed by atoms with Crippen LogP contribution in [-0.4, -0.2) is 36.6 Å². The number of nitrogens with one attached hydrogen (secondary N) is 2. The van der Waals surface area contributed by atoms with Gasteiger partial charge in [-0.2, -0.15) is 0 Å². The number of rotatable bonds is 6. The quantitative estimate of drug-likeness (QED) is 0.743. The average Bonchev–Trinajstić information content (AvgIpc) is 2.52. The van der Waals surface area contributed by atoms with Crippen LogP contribution in [-0.2, 0) is 4.79 Å². The van der Waals surface area contributed by atoms with E-state index < -0.39 is 0 Å². The van der Waals surface area contributed by atoms with Crippen LogP contribution in [0.5, 0.6) is 0 Å². The van der Waals surface area contributed by atoms with E-state index in [1.54, 1.807) is 6.07 Å². The van der Waals surface area contributed by atoms with Crippen molar-refractivity contribution in [1.29, 1.82) is 0 Å². The van der Waals surface area contributed by atoms with Crippen molar-refractivity contribution in [3.8, 4) is 0 Å². The van der Waals surface area contributed by atoms with Gasteiger partial charge in [-0.1, -0.05) is 30.3 Å². The molecule has 0 unspecified atom stereocenters. The molecule has 0 heterocycles. The lowest BCUT2D eigenvalue weighted by Gasteiger charge is -2.07. The Bertz CT molecular complexity index is 640. The Morgan fingerprint density at radius 1 is 0.952 bits per heavy atom. The van der Waals surface area contributed by atoms with Gasteiger partial charge in [0.05, 0.1) is 6.61 Å². The fourth-order valence-corrected chi connectivity index (χ4v) is 2.01. The van der Waals surface area contributed by atoms with Crippen molar-refractivity contribution in [3.05, 3.63) is 48.0 Å². The molecule has 0 aliphatic heterocycles. The standard InChI is InChI=1S/C16H18N2O3/c19-10-9-17-15(20)7-8-18-16(21)14-6-5-12-3-1-2-4-13(12)11-14/h1-6,11,19H,7-10H2,(H,17,20)(H,18,21). The molecule has 0 bridgehead atoms. The lowest BCUT2D eigenvalue weighted by molar-refractivity contribution is -0.121. The maximum atomic E-state index is 12.0. The molecule has 0 saturated heterocycles. The van der Waals surface area contributed by atoms with Crippen molar-refractivity contribution in [2.24, 2.45) is 0 Å². The lowest BCUT2D eigenvalue weighted by atomic mass is 10.1. The van der Waals surface area contributed by atoms with Crippen molar-refractivity contribution < 1.29 is 14.7 Å². The number of benzene rings is 2. The van der Waals surface area contributed by atoms with Gasteiger partial charge in [0.1, 0.15) is 0 Å². The summed E-state index contributed by atoms with van der Waals surface area (Å²) in [5.74, 6) is -0.390. The first-order chi connectivity index (χ1) is 10.2. The average molecular weight is 286 g/mol. The Morgan fingerprint density at radius 2 is 1.71 bits per heavy atom. The smallest absolute Gasteiger partial charge is 0.251 e. The molecule has 0 spiro atoms. The fourth-order valence-electron chi connectivity index (χ4n) is 2.01. The molecule has 5 heteroatoms. The normalized spacial score (nSPS) is 10.3. The van der Waals surface area contributed by atoms with Crippen LogP contribution in [0.3, 0.4) is 0 Å². The summed E-state index contributed by atoms with van der Waals surface area (Å²) in [6.45, 7) is 0.412. The summed E-state index contributed by atoms with van der Waals surface area (Å²) in [5.41, 5.74) is 0.574. The van der Waals surface area contributed by atoms with Gasteiger partial charge >= 0.3 is 0 Å². The summed E-state index contributed by atoms with van der Waals surface area (Å²) in [5, 5.41) is 15.9. The third-order valence-electron chi connectivity index (χ3n) is 3.08. The molecule has 5 nitrogen and oxygen atoms in total. The van der Waals surface area contributed by atoms with E-state index in [1.807, 2.05) is 36.4 Å². The second-order valence-electron chi connectivity index (χ2n) is 4.64. The molecule has 110 valence electrons. The van der Waals surface area contributed by atoms with Crippen LogP contribution < -0.4 is 10.6 Å². The van der Waals surface area contributed by atoms with Crippen molar-refractivity contribution in [2.45, 2.75) is 6.42 Å². The highest BCUT2D eigenvalue weighted by Crippen LogP contribution is 2.15. The zero-order valence-electron chi connectivity index (χ0n) is 11.6. The fraction of sp³-hybridized carbons (Fsp3) is 0.250. The van der Waals surface area contributed by atoms with E-state index in [0.717, 1.165) is 10.8 Å². The number of hydrogen-bond donors (Lipinski definition) is 3. The first kappa shape index (κ1) is 15.0. The molecule has 0 fully saturated rings. The Kier molecular flexibility index (Phi) is 5.29. The Balaban J connectivity index is 1.88. The van der Waals surface area contributed by atoms with Crippen molar-refractivity contribution in [1.82, 2.24) is 10.6 Å². The van der Waals surface area contributed by atoms with Gasteiger partial charge in [0.25, 0.3) is 5.91 Å². The summed E-state index contributed by atoms with van der Waals surface area (Å²) in [6, 6.07) is 13.3. The van der Waals surface area contributed by atoms with Gasteiger partial charge in [-0.15, -0.1) is 0 Å². The minimum Gasteiger partial charge on any atom is -0.395 e. The first-order valence-corrected chi connectivity index (χ1v) is 6.85. The van der Waals surface area contributed by atoms with Crippen LogP contribution in [0.4, 0.5) is 0 Å². The highest BCUT2D eigenvalue weighted by atomic mass is 16.3. The summed E-state index contributed by atoms with van der Waals surface area (Å²) >= 11 is 0. The molecule has 2 aromatic carbocycles. The van der Waals surface area contributed by atoms with E-state index in [9.17, 15) is 9.59 Å². The molecule has 2 aromatic rings. The molecule has 0 aliphatic rings. The van der Waals surface area contributed by atoms with E-state index in [4.69, 9.17) is 5.11 Å². The van der Waals surface area contributed by atoms with Crippen molar-refractivity contribution in [3.63, 3.8) is 0 Å². The molecule has 3 N–H and O–H groups in total. The molecule has 0 aromatic heterocycles. The first-order valence-electron chi connectivity index (χ1n) is 6.85. The predicted octanol–water partition coefficient (Wildman–Crippen LogP) is 1.07. The van der Waals surface area contributed by atoms with Crippen LogP contribution in [0.25, 0.3) is 10.8 Å². The van der Waals surface area contributed by atoms with Gasteiger partial charge in [-0.25, -0.2) is 0 Å². The number of aliphatic hydroxyl groups is 1. The molecule has 2 amide bonds. The molecule has 0 aliphatic carbocycles. The summed E-state index contributed by atoms with van der Waals surface area (Å²) in [4.78, 5) is 23.3. The number of fused-ring (bicyclic) bond motifs is 1. The SMILES string of the molecule is O=C(CCNC(=O)c1ccc2ccccc2c1)NCCO. The second-order valence-corrected chi connectivity index (χ2v) is 4.64. The Hall–Kier alpha value is -2.40. The van der Waals surface area contributed by atoms with E-state index >= 15 is 0 Å². The molecule has 0 atom stereocenters. The second kappa shape index (κ2) is 7.40.